The first kappa shape index (κ1) is 24.1. The summed E-state index contributed by atoms with van der Waals surface area (Å²) in [5.74, 6) is -0.0804. The quantitative estimate of drug-likeness (QED) is 0.296. The van der Waals surface area contributed by atoms with Crippen LogP contribution in [0.2, 0.25) is 5.02 Å². The Balaban J connectivity index is 1.48. The number of nitrogens with zero attached hydrogens (tertiary/aromatic N) is 2. The van der Waals surface area contributed by atoms with Crippen LogP contribution in [0.1, 0.15) is 26.4 Å². The number of fused-ring (bicyclic) bond motifs is 1. The van der Waals surface area contributed by atoms with E-state index in [9.17, 15) is 9.59 Å². The number of hydrogen-bond acceptors (Lipinski definition) is 4. The number of rotatable bonds is 6. The average Bonchev–Trinajstić information content (AvgIpc) is 3.30. The molecule has 2 N–H and O–H groups in total. The largest absolute Gasteiger partial charge is 0.497 e. The van der Waals surface area contributed by atoms with Crippen molar-refractivity contribution in [3.63, 3.8) is 0 Å². The Morgan fingerprint density at radius 2 is 1.51 bits per heavy atom. The van der Waals surface area contributed by atoms with Gasteiger partial charge in [0.1, 0.15) is 11.4 Å². The Bertz CT molecular complexity index is 1560. The molecule has 0 bridgehead atoms. The van der Waals surface area contributed by atoms with E-state index in [1.165, 1.54) is 12.4 Å². The Hall–Kier alpha value is -4.62. The minimum Gasteiger partial charge on any atom is -0.497 e. The Morgan fingerprint density at radius 1 is 0.838 bits per heavy atom. The van der Waals surface area contributed by atoms with Crippen LogP contribution in [0.15, 0.2) is 97.3 Å². The second kappa shape index (κ2) is 10.6. The van der Waals surface area contributed by atoms with Crippen LogP contribution in [0.25, 0.3) is 22.0 Å². The molecule has 0 radical (unpaired) electrons. The minimum atomic E-state index is -0.432. The van der Waals surface area contributed by atoms with Crippen molar-refractivity contribution in [3.05, 3.63) is 119 Å². The molecule has 0 unspecified atom stereocenters. The fraction of sp³-hybridized carbons (Fsp3) is 0.0690. The second-order valence-electron chi connectivity index (χ2n) is 8.39. The lowest BCUT2D eigenvalue weighted by molar-refractivity contribution is 0.0842. The predicted molar refractivity (Wildman–Crippen MR) is 144 cm³/mol. The van der Waals surface area contributed by atoms with Gasteiger partial charge in [-0.15, -0.1) is 0 Å². The van der Waals surface area contributed by atoms with Gasteiger partial charge in [-0.3, -0.25) is 25.4 Å². The van der Waals surface area contributed by atoms with Crippen LogP contribution < -0.4 is 15.6 Å². The summed E-state index contributed by atoms with van der Waals surface area (Å²) in [4.78, 5) is 29.6. The van der Waals surface area contributed by atoms with Crippen molar-refractivity contribution in [2.24, 2.45) is 0 Å². The highest BCUT2D eigenvalue weighted by Gasteiger charge is 2.18. The number of benzene rings is 3. The van der Waals surface area contributed by atoms with Crippen molar-refractivity contribution in [1.29, 1.82) is 0 Å². The lowest BCUT2D eigenvalue weighted by Gasteiger charge is -2.12. The van der Waals surface area contributed by atoms with Gasteiger partial charge in [0, 0.05) is 40.4 Å². The molecule has 2 heterocycles. The summed E-state index contributed by atoms with van der Waals surface area (Å²) in [5.41, 5.74) is 9.73. The van der Waals surface area contributed by atoms with Crippen LogP contribution in [0.3, 0.4) is 0 Å². The number of methoxy groups -OCH3 is 1. The number of halogens is 1. The van der Waals surface area contributed by atoms with Gasteiger partial charge in [-0.25, -0.2) is 0 Å². The molecule has 0 atom stereocenters. The fourth-order valence-electron chi connectivity index (χ4n) is 4.12. The lowest BCUT2D eigenvalue weighted by atomic mass is 10.0. The molecule has 37 heavy (non-hydrogen) atoms. The zero-order valence-corrected chi connectivity index (χ0v) is 20.7. The molecule has 0 saturated carbocycles. The van der Waals surface area contributed by atoms with Gasteiger partial charge in [-0.05, 0) is 71.3 Å². The third-order valence-electron chi connectivity index (χ3n) is 6.04. The number of hydrazine groups is 1. The van der Waals surface area contributed by atoms with Gasteiger partial charge in [0.25, 0.3) is 11.8 Å². The van der Waals surface area contributed by atoms with Crippen LogP contribution in [-0.2, 0) is 6.54 Å². The van der Waals surface area contributed by atoms with Crippen molar-refractivity contribution < 1.29 is 14.3 Å². The van der Waals surface area contributed by atoms with E-state index in [2.05, 4.69) is 15.8 Å². The van der Waals surface area contributed by atoms with E-state index in [-0.39, 0.29) is 0 Å². The van der Waals surface area contributed by atoms with Gasteiger partial charge < -0.3 is 9.30 Å². The number of pyridine rings is 1. The van der Waals surface area contributed by atoms with E-state index in [0.717, 1.165) is 33.3 Å². The molecule has 2 amide bonds. The van der Waals surface area contributed by atoms with Crippen molar-refractivity contribution in [2.45, 2.75) is 6.54 Å². The summed E-state index contributed by atoms with van der Waals surface area (Å²) >= 11 is 6.06. The molecule has 3 aromatic carbocycles. The molecule has 5 rings (SSSR count). The topological polar surface area (TPSA) is 85.2 Å². The normalized spacial score (nSPS) is 10.8. The number of aromatic nitrogens is 2. The SMILES string of the molecule is COc1ccc(-c2ccc3c(c2)cc(C(=O)NNC(=O)c2ccncc2)n3Cc2ccc(Cl)cc2)cc1. The third kappa shape index (κ3) is 5.32. The van der Waals surface area contributed by atoms with Crippen LogP contribution >= 0.6 is 11.6 Å². The number of nitrogens with one attached hydrogen (secondary N) is 2. The second-order valence-corrected chi connectivity index (χ2v) is 8.82. The third-order valence-corrected chi connectivity index (χ3v) is 6.30. The van der Waals surface area contributed by atoms with Gasteiger partial charge in [-0.1, -0.05) is 41.9 Å². The highest BCUT2D eigenvalue weighted by molar-refractivity contribution is 6.30. The molecule has 7 nitrogen and oxygen atoms in total. The van der Waals surface area contributed by atoms with Gasteiger partial charge >= 0.3 is 0 Å². The summed E-state index contributed by atoms with van der Waals surface area (Å²) in [6, 6.07) is 26.3. The maximum atomic E-state index is 13.2. The molecule has 8 heteroatoms. The number of carbonyl (C=O) groups excluding carboxylic acids is 2. The van der Waals surface area contributed by atoms with Crippen LogP contribution in [0.5, 0.6) is 5.75 Å². The van der Waals surface area contributed by atoms with Crippen LogP contribution in [0.4, 0.5) is 0 Å². The fourth-order valence-corrected chi connectivity index (χ4v) is 4.24. The number of ether oxygens (including phenoxy) is 1. The summed E-state index contributed by atoms with van der Waals surface area (Å²) in [5, 5.41) is 1.54. The van der Waals surface area contributed by atoms with Crippen LogP contribution in [0, 0.1) is 0 Å². The Kier molecular flexibility index (Phi) is 6.87. The van der Waals surface area contributed by atoms with Crippen molar-refractivity contribution in [1.82, 2.24) is 20.4 Å². The summed E-state index contributed by atoms with van der Waals surface area (Å²) in [6.45, 7) is 0.448. The van der Waals surface area contributed by atoms with Crippen LogP contribution in [-0.4, -0.2) is 28.5 Å². The van der Waals surface area contributed by atoms with E-state index >= 15 is 0 Å². The molecule has 0 saturated heterocycles. The molecular formula is C29H23ClN4O3. The summed E-state index contributed by atoms with van der Waals surface area (Å²) in [7, 11) is 1.64. The van der Waals surface area contributed by atoms with E-state index in [1.54, 1.807) is 19.2 Å². The summed E-state index contributed by atoms with van der Waals surface area (Å²) < 4.78 is 7.18. The number of carbonyl (C=O) groups is 2. The van der Waals surface area contributed by atoms with E-state index < -0.39 is 11.8 Å². The first-order valence-electron chi connectivity index (χ1n) is 11.5. The molecular weight excluding hydrogens is 488 g/mol. The zero-order valence-electron chi connectivity index (χ0n) is 19.9. The highest BCUT2D eigenvalue weighted by Crippen LogP contribution is 2.29. The molecule has 0 aliphatic rings. The maximum Gasteiger partial charge on any atom is 0.286 e. The first-order chi connectivity index (χ1) is 18.0. The van der Waals surface area contributed by atoms with Crippen molar-refractivity contribution in [3.8, 4) is 16.9 Å². The van der Waals surface area contributed by atoms with Gasteiger partial charge in [0.15, 0.2) is 0 Å². The maximum absolute atomic E-state index is 13.2. The van der Waals surface area contributed by atoms with Gasteiger partial charge in [0.05, 0.1) is 7.11 Å². The summed E-state index contributed by atoms with van der Waals surface area (Å²) in [6.07, 6.45) is 3.03. The standard InChI is InChI=1S/C29H23ClN4O3/c1-37-25-9-4-20(5-10-25)22-6-11-26-23(16-22)17-27(34(26)18-19-2-7-24(30)8-3-19)29(36)33-32-28(35)21-12-14-31-15-13-21/h2-17H,18H2,1H3,(H,32,35)(H,33,36). The molecule has 0 aliphatic carbocycles. The van der Waals surface area contributed by atoms with Gasteiger partial charge in [-0.2, -0.15) is 0 Å². The average molecular weight is 511 g/mol. The number of hydrogen-bond donors (Lipinski definition) is 2. The highest BCUT2D eigenvalue weighted by atomic mass is 35.5. The van der Waals surface area contributed by atoms with E-state index in [0.29, 0.717) is 22.8 Å². The molecule has 0 fully saturated rings. The Morgan fingerprint density at radius 3 is 2.22 bits per heavy atom. The smallest absolute Gasteiger partial charge is 0.286 e. The number of amides is 2. The van der Waals surface area contributed by atoms with E-state index in [1.807, 2.05) is 77.4 Å². The minimum absolute atomic E-state index is 0.390. The Labute approximate surface area is 218 Å². The predicted octanol–water partition coefficient (Wildman–Crippen LogP) is 5.49. The van der Waals surface area contributed by atoms with E-state index in [4.69, 9.17) is 16.3 Å². The van der Waals surface area contributed by atoms with Gasteiger partial charge in [0.2, 0.25) is 0 Å². The lowest BCUT2D eigenvalue weighted by Crippen LogP contribution is -2.42. The zero-order chi connectivity index (χ0) is 25.8. The molecule has 0 aliphatic heterocycles. The van der Waals surface area contributed by atoms with Crippen molar-refractivity contribution in [2.75, 3.05) is 7.11 Å². The molecule has 5 aromatic rings. The molecule has 184 valence electrons. The monoisotopic (exact) mass is 510 g/mol. The van der Waals surface area contributed by atoms with Crippen molar-refractivity contribution >= 4 is 34.3 Å². The molecule has 0 spiro atoms. The molecule has 2 aromatic heterocycles. The first-order valence-corrected chi connectivity index (χ1v) is 11.9.